The van der Waals surface area contributed by atoms with E-state index in [-0.39, 0.29) is 16.9 Å². The third kappa shape index (κ3) is 4.06. The van der Waals surface area contributed by atoms with Gasteiger partial charge < -0.3 is 5.32 Å². The first-order chi connectivity index (χ1) is 7.49. The van der Waals surface area contributed by atoms with Crippen molar-refractivity contribution in [3.05, 3.63) is 24.3 Å². The molecule has 0 radical (unpaired) electrons. The predicted octanol–water partition coefficient (Wildman–Crippen LogP) is 2.71. The molecule has 1 atom stereocenters. The predicted molar refractivity (Wildman–Crippen MR) is 66.7 cm³/mol. The summed E-state index contributed by atoms with van der Waals surface area (Å²) in [5.74, 6) is 0.0773. The number of carbonyl (C=O) groups excluding carboxylic acids is 2. The van der Waals surface area contributed by atoms with Gasteiger partial charge in [-0.25, -0.2) is 0 Å². The van der Waals surface area contributed by atoms with Gasteiger partial charge in [0.2, 0.25) is 5.91 Å². The van der Waals surface area contributed by atoms with Gasteiger partial charge in [-0.05, 0) is 38.1 Å². The first-order valence-corrected chi connectivity index (χ1v) is 5.92. The summed E-state index contributed by atoms with van der Waals surface area (Å²) in [6, 6.07) is 7.46. The quantitative estimate of drug-likeness (QED) is 0.819. The molecule has 3 nitrogen and oxygen atoms in total. The Morgan fingerprint density at radius 1 is 1.19 bits per heavy atom. The van der Waals surface area contributed by atoms with E-state index in [0.29, 0.717) is 0 Å². The topological polar surface area (TPSA) is 46.2 Å². The van der Waals surface area contributed by atoms with Gasteiger partial charge in [0.15, 0.2) is 0 Å². The Hall–Kier alpha value is -1.29. The number of thioether (sulfide) groups is 1. The van der Waals surface area contributed by atoms with Crippen LogP contribution in [0.1, 0.15) is 20.8 Å². The zero-order valence-corrected chi connectivity index (χ0v) is 10.4. The zero-order valence-electron chi connectivity index (χ0n) is 9.61. The summed E-state index contributed by atoms with van der Waals surface area (Å²) in [6.45, 7) is 4.94. The molecule has 0 fully saturated rings. The van der Waals surface area contributed by atoms with Crippen LogP contribution in [0.3, 0.4) is 0 Å². The van der Waals surface area contributed by atoms with Crippen molar-refractivity contribution in [3.63, 3.8) is 0 Å². The van der Waals surface area contributed by atoms with E-state index in [2.05, 4.69) is 5.32 Å². The molecule has 0 spiro atoms. The second-order valence-corrected chi connectivity index (χ2v) is 4.99. The van der Waals surface area contributed by atoms with Crippen LogP contribution in [0.5, 0.6) is 0 Å². The molecule has 1 rings (SSSR count). The van der Waals surface area contributed by atoms with E-state index < -0.39 is 0 Å². The minimum absolute atomic E-state index is 0.0355. The number of hydrogen-bond donors (Lipinski definition) is 1. The van der Waals surface area contributed by atoms with Crippen molar-refractivity contribution in [3.8, 4) is 0 Å². The van der Waals surface area contributed by atoms with E-state index in [1.807, 2.05) is 31.2 Å². The Kier molecular flexibility index (Phi) is 4.55. The Labute approximate surface area is 99.6 Å². The Balaban J connectivity index is 2.64. The van der Waals surface area contributed by atoms with Gasteiger partial charge in [-0.2, -0.15) is 0 Å². The molecule has 0 aromatic heterocycles. The molecule has 1 aromatic carbocycles. The second-order valence-electron chi connectivity index (χ2n) is 3.58. The summed E-state index contributed by atoms with van der Waals surface area (Å²) in [4.78, 5) is 22.9. The minimum Gasteiger partial charge on any atom is -0.326 e. The molecule has 1 unspecified atom stereocenters. The van der Waals surface area contributed by atoms with Crippen molar-refractivity contribution in [2.75, 3.05) is 5.32 Å². The second kappa shape index (κ2) is 5.70. The molecule has 0 saturated heterocycles. The Morgan fingerprint density at radius 2 is 1.75 bits per heavy atom. The van der Waals surface area contributed by atoms with E-state index in [4.69, 9.17) is 0 Å². The lowest BCUT2D eigenvalue weighted by Crippen LogP contribution is -2.08. The summed E-state index contributed by atoms with van der Waals surface area (Å²) in [6.07, 6.45) is 0. The monoisotopic (exact) mass is 237 g/mol. The normalized spacial score (nSPS) is 11.9. The SMILES string of the molecule is CC(=O)Nc1ccc(SC(C)C(C)=O)cc1. The highest BCUT2D eigenvalue weighted by Gasteiger charge is 2.08. The summed E-state index contributed by atoms with van der Waals surface area (Å²) in [5, 5.41) is 2.66. The van der Waals surface area contributed by atoms with Gasteiger partial charge in [-0.1, -0.05) is 0 Å². The molecule has 0 heterocycles. The molecular formula is C12H15NO2S. The maximum absolute atomic E-state index is 11.1. The van der Waals surface area contributed by atoms with Crippen LogP contribution in [-0.4, -0.2) is 16.9 Å². The molecule has 1 N–H and O–H groups in total. The fourth-order valence-corrected chi connectivity index (χ4v) is 1.97. The van der Waals surface area contributed by atoms with Gasteiger partial charge in [0.25, 0.3) is 0 Å². The Bertz CT molecular complexity index is 387. The standard InChI is InChI=1S/C12H15NO2S/c1-8(14)9(2)16-12-6-4-11(5-7-12)13-10(3)15/h4-7,9H,1-3H3,(H,13,15). The van der Waals surface area contributed by atoms with Crippen molar-refractivity contribution in [2.24, 2.45) is 0 Å². The lowest BCUT2D eigenvalue weighted by atomic mass is 10.3. The molecule has 0 saturated carbocycles. The first-order valence-electron chi connectivity index (χ1n) is 5.04. The van der Waals surface area contributed by atoms with Crippen LogP contribution >= 0.6 is 11.8 Å². The maximum atomic E-state index is 11.1. The van der Waals surface area contributed by atoms with Gasteiger partial charge in [0.1, 0.15) is 5.78 Å². The van der Waals surface area contributed by atoms with Crippen molar-refractivity contribution >= 4 is 29.1 Å². The van der Waals surface area contributed by atoms with Gasteiger partial charge in [-0.15, -0.1) is 11.8 Å². The Morgan fingerprint density at radius 3 is 2.19 bits per heavy atom. The number of benzene rings is 1. The minimum atomic E-state index is -0.0856. The third-order valence-electron chi connectivity index (χ3n) is 2.06. The molecule has 4 heteroatoms. The number of nitrogens with one attached hydrogen (secondary N) is 1. The van der Waals surface area contributed by atoms with E-state index in [1.54, 1.807) is 6.92 Å². The van der Waals surface area contributed by atoms with Gasteiger partial charge in [0.05, 0.1) is 5.25 Å². The lowest BCUT2D eigenvalue weighted by molar-refractivity contribution is -0.116. The third-order valence-corrected chi connectivity index (χ3v) is 3.29. The smallest absolute Gasteiger partial charge is 0.221 e. The van der Waals surface area contributed by atoms with Crippen LogP contribution < -0.4 is 5.32 Å². The van der Waals surface area contributed by atoms with E-state index in [9.17, 15) is 9.59 Å². The summed E-state index contributed by atoms with van der Waals surface area (Å²) >= 11 is 1.52. The van der Waals surface area contributed by atoms with E-state index in [1.165, 1.54) is 18.7 Å². The highest BCUT2D eigenvalue weighted by atomic mass is 32.2. The fraction of sp³-hybridized carbons (Fsp3) is 0.333. The number of carbonyl (C=O) groups is 2. The summed E-state index contributed by atoms with van der Waals surface area (Å²) in [5.41, 5.74) is 0.771. The average molecular weight is 237 g/mol. The van der Waals surface area contributed by atoms with Crippen molar-refractivity contribution in [1.82, 2.24) is 0 Å². The molecule has 0 bridgehead atoms. The van der Waals surface area contributed by atoms with Gasteiger partial charge in [0, 0.05) is 17.5 Å². The summed E-state index contributed by atoms with van der Waals surface area (Å²) < 4.78 is 0. The van der Waals surface area contributed by atoms with Crippen molar-refractivity contribution < 1.29 is 9.59 Å². The number of amides is 1. The van der Waals surface area contributed by atoms with Crippen LogP contribution in [0, 0.1) is 0 Å². The summed E-state index contributed by atoms with van der Waals surface area (Å²) in [7, 11) is 0. The van der Waals surface area contributed by atoms with Crippen molar-refractivity contribution in [1.29, 1.82) is 0 Å². The highest BCUT2D eigenvalue weighted by molar-refractivity contribution is 8.00. The van der Waals surface area contributed by atoms with Gasteiger partial charge >= 0.3 is 0 Å². The van der Waals surface area contributed by atoms with Crippen molar-refractivity contribution in [2.45, 2.75) is 30.9 Å². The molecule has 0 aliphatic carbocycles. The molecule has 1 aromatic rings. The maximum Gasteiger partial charge on any atom is 0.221 e. The van der Waals surface area contributed by atoms with Crippen LogP contribution in [0.2, 0.25) is 0 Å². The van der Waals surface area contributed by atoms with Crippen LogP contribution in [0.4, 0.5) is 5.69 Å². The molecule has 1 amide bonds. The molecule has 16 heavy (non-hydrogen) atoms. The van der Waals surface area contributed by atoms with E-state index in [0.717, 1.165) is 10.6 Å². The molecular weight excluding hydrogens is 222 g/mol. The van der Waals surface area contributed by atoms with Gasteiger partial charge in [-0.3, -0.25) is 9.59 Å². The molecule has 0 aliphatic rings. The highest BCUT2D eigenvalue weighted by Crippen LogP contribution is 2.24. The molecule has 86 valence electrons. The zero-order chi connectivity index (χ0) is 12.1. The van der Waals surface area contributed by atoms with Crippen LogP contribution in [0.25, 0.3) is 0 Å². The van der Waals surface area contributed by atoms with Crippen LogP contribution in [0.15, 0.2) is 29.2 Å². The number of Topliss-reactive ketones (excluding diaryl/α,β-unsaturated/α-hetero) is 1. The largest absolute Gasteiger partial charge is 0.326 e. The average Bonchev–Trinajstić information content (AvgIpc) is 2.20. The first kappa shape index (κ1) is 12.8. The number of ketones is 1. The fourth-order valence-electron chi connectivity index (χ4n) is 1.11. The lowest BCUT2D eigenvalue weighted by Gasteiger charge is -2.08. The number of anilines is 1. The number of rotatable bonds is 4. The van der Waals surface area contributed by atoms with E-state index >= 15 is 0 Å². The molecule has 0 aliphatic heterocycles. The number of hydrogen-bond acceptors (Lipinski definition) is 3. The van der Waals surface area contributed by atoms with Crippen LogP contribution in [-0.2, 0) is 9.59 Å².